The van der Waals surface area contributed by atoms with E-state index in [1.165, 1.54) is 30.5 Å². The van der Waals surface area contributed by atoms with Gasteiger partial charge in [0.05, 0.1) is 27.5 Å². The molecule has 0 aliphatic carbocycles. The van der Waals surface area contributed by atoms with Crippen LogP contribution in [0.15, 0.2) is 72.9 Å². The lowest BCUT2D eigenvalue weighted by atomic mass is 10.1. The van der Waals surface area contributed by atoms with Crippen LogP contribution >= 0.6 is 11.6 Å². The molecular weight excluding hydrogens is 545 g/mol. The van der Waals surface area contributed by atoms with Gasteiger partial charge in [-0.05, 0) is 55.1 Å². The lowest BCUT2D eigenvalue weighted by molar-refractivity contribution is -0.111. The molecule has 0 saturated carbocycles. The molecule has 4 aromatic rings. The molecule has 0 bridgehead atoms. The van der Waals surface area contributed by atoms with E-state index in [9.17, 15) is 19.6 Å². The lowest BCUT2D eigenvalue weighted by Crippen LogP contribution is -2.23. The van der Waals surface area contributed by atoms with Gasteiger partial charge in [0, 0.05) is 36.0 Å². The van der Waals surface area contributed by atoms with Gasteiger partial charge in [-0.25, -0.2) is 4.39 Å². The van der Waals surface area contributed by atoms with Crippen molar-refractivity contribution in [3.8, 4) is 17.6 Å². The molecule has 1 aromatic heterocycles. The van der Waals surface area contributed by atoms with Gasteiger partial charge in [0.2, 0.25) is 5.91 Å². The van der Waals surface area contributed by atoms with Gasteiger partial charge in [-0.15, -0.1) is 0 Å². The fourth-order valence-electron chi connectivity index (χ4n) is 4.14. The summed E-state index contributed by atoms with van der Waals surface area (Å²) in [5, 5.41) is 27.0. The number of phenols is 1. The predicted octanol–water partition coefficient (Wildman–Crippen LogP) is 6.76. The number of ether oxygens (including phenoxy) is 1. The summed E-state index contributed by atoms with van der Waals surface area (Å²) in [4.78, 5) is 19.0. The van der Waals surface area contributed by atoms with Crippen LogP contribution in [0.25, 0.3) is 10.9 Å². The van der Waals surface area contributed by atoms with Crippen LogP contribution < -0.4 is 15.4 Å². The molecule has 0 fully saturated rings. The number of carbonyl (C=O) groups excluding carboxylic acids is 1. The van der Waals surface area contributed by atoms with Gasteiger partial charge in [-0.3, -0.25) is 9.78 Å². The number of nitriles is 1. The van der Waals surface area contributed by atoms with Crippen LogP contribution in [0.1, 0.15) is 25.0 Å². The number of nitrogens with zero attached hydrogens (tertiary/aromatic N) is 3. The monoisotopic (exact) mass is 573 g/mol. The summed E-state index contributed by atoms with van der Waals surface area (Å²) < 4.78 is 19.2. The highest BCUT2D eigenvalue weighted by atomic mass is 35.5. The number of aromatic nitrogens is 1. The van der Waals surface area contributed by atoms with Crippen molar-refractivity contribution in [2.24, 2.45) is 0 Å². The summed E-state index contributed by atoms with van der Waals surface area (Å²) in [6.07, 6.45) is 4.58. The maximum absolute atomic E-state index is 13.5. The largest absolute Gasteiger partial charge is 0.506 e. The first-order valence-corrected chi connectivity index (χ1v) is 13.4. The average Bonchev–Trinajstić information content (AvgIpc) is 2.96. The van der Waals surface area contributed by atoms with E-state index < -0.39 is 5.91 Å². The quantitative estimate of drug-likeness (QED) is 0.134. The molecule has 0 unspecified atom stereocenters. The number of hydrogen-bond donors (Lipinski definition) is 3. The van der Waals surface area contributed by atoms with E-state index in [1.807, 2.05) is 13.8 Å². The maximum Gasteiger partial charge on any atom is 0.248 e. The SMILES string of the molecule is CCN(CC)C/C=C/C(=O)Nc1cc2c(Nc3ccc(OCc4cccc(F)c4)c(Cl)c3)c(C#N)cnc2cc1O. The molecule has 1 heterocycles. The highest BCUT2D eigenvalue weighted by Gasteiger charge is 2.15. The number of carbonyl (C=O) groups is 1. The molecule has 0 atom stereocenters. The molecular formula is C31H29ClFN5O3. The highest BCUT2D eigenvalue weighted by Crippen LogP contribution is 2.37. The Bertz CT molecular complexity index is 1630. The number of benzene rings is 3. The van der Waals surface area contributed by atoms with Gasteiger partial charge >= 0.3 is 0 Å². The summed E-state index contributed by atoms with van der Waals surface area (Å²) in [7, 11) is 0. The number of anilines is 3. The molecule has 0 radical (unpaired) electrons. The lowest BCUT2D eigenvalue weighted by Gasteiger charge is -2.15. The Hall–Kier alpha value is -4.65. The van der Waals surface area contributed by atoms with E-state index >= 15 is 0 Å². The molecule has 8 nitrogen and oxygen atoms in total. The first kappa shape index (κ1) is 29.3. The standard InChI is InChI=1S/C31H29ClFN5O3/c1-3-38(4-2)12-6-9-30(40)37-27-15-24-26(16-28(27)39)35-18-21(17-34)31(24)36-23-10-11-29(25(32)14-23)41-19-20-7-5-8-22(33)13-20/h5-11,13-16,18,39H,3-4,12,19H2,1-2H3,(H,35,36)(H,37,40)/b9-6+. The molecule has 0 aliphatic heterocycles. The van der Waals surface area contributed by atoms with Crippen LogP contribution in [-0.2, 0) is 11.4 Å². The fourth-order valence-corrected chi connectivity index (χ4v) is 4.38. The number of nitrogens with one attached hydrogen (secondary N) is 2. The van der Waals surface area contributed by atoms with E-state index in [0.29, 0.717) is 45.2 Å². The van der Waals surface area contributed by atoms with Crippen molar-refractivity contribution in [1.29, 1.82) is 5.26 Å². The summed E-state index contributed by atoms with van der Waals surface area (Å²) in [5.74, 6) is -0.497. The summed E-state index contributed by atoms with van der Waals surface area (Å²) in [6, 6.07) is 16.2. The molecule has 3 aromatic carbocycles. The number of rotatable bonds is 11. The zero-order valence-corrected chi connectivity index (χ0v) is 23.4. The van der Waals surface area contributed by atoms with Crippen LogP contribution in [0.2, 0.25) is 5.02 Å². The molecule has 210 valence electrons. The first-order chi connectivity index (χ1) is 19.8. The van der Waals surface area contributed by atoms with E-state index in [0.717, 1.165) is 13.1 Å². The zero-order chi connectivity index (χ0) is 29.4. The van der Waals surface area contributed by atoms with Crippen molar-refractivity contribution < 1.29 is 19.0 Å². The Morgan fingerprint density at radius 2 is 2.00 bits per heavy atom. The summed E-state index contributed by atoms with van der Waals surface area (Å²) in [5.41, 5.74) is 2.50. The normalized spacial score (nSPS) is 11.1. The van der Waals surface area contributed by atoms with Crippen LogP contribution in [0.4, 0.5) is 21.5 Å². The molecule has 3 N–H and O–H groups in total. The fraction of sp³-hybridized carbons (Fsp3) is 0.194. The number of phenolic OH excluding ortho intramolecular Hbond substituents is 1. The maximum atomic E-state index is 13.5. The van der Waals surface area contributed by atoms with Crippen LogP contribution in [0.5, 0.6) is 11.5 Å². The minimum absolute atomic E-state index is 0.139. The molecule has 0 saturated heterocycles. The number of fused-ring (bicyclic) bond motifs is 1. The number of pyridine rings is 1. The molecule has 0 aliphatic rings. The second-order valence-corrected chi connectivity index (χ2v) is 9.52. The van der Waals surface area contributed by atoms with Gasteiger partial charge in [0.1, 0.15) is 30.0 Å². The number of aromatic hydroxyl groups is 1. The number of amides is 1. The van der Waals surface area contributed by atoms with Gasteiger partial charge < -0.3 is 25.4 Å². The average molecular weight is 574 g/mol. The Labute approximate surface area is 242 Å². The van der Waals surface area contributed by atoms with Crippen LogP contribution in [0.3, 0.4) is 0 Å². The van der Waals surface area contributed by atoms with Crippen molar-refractivity contribution in [1.82, 2.24) is 9.88 Å². The molecule has 41 heavy (non-hydrogen) atoms. The van der Waals surface area contributed by atoms with E-state index in [-0.39, 0.29) is 29.4 Å². The predicted molar refractivity (Wildman–Crippen MR) is 159 cm³/mol. The number of likely N-dealkylation sites (N-methyl/N-ethyl adjacent to an activating group) is 1. The molecule has 10 heteroatoms. The molecule has 4 rings (SSSR count). The third-order valence-corrected chi connectivity index (χ3v) is 6.67. The van der Waals surface area contributed by atoms with E-state index in [2.05, 4.69) is 26.6 Å². The van der Waals surface area contributed by atoms with E-state index in [4.69, 9.17) is 16.3 Å². The number of halogens is 2. The Kier molecular flexibility index (Phi) is 9.74. The minimum atomic E-state index is -0.397. The Morgan fingerprint density at radius 3 is 2.71 bits per heavy atom. The summed E-state index contributed by atoms with van der Waals surface area (Å²) in [6.45, 7) is 6.60. The minimum Gasteiger partial charge on any atom is -0.506 e. The highest BCUT2D eigenvalue weighted by molar-refractivity contribution is 6.32. The molecule has 1 amide bonds. The van der Waals surface area contributed by atoms with Gasteiger partial charge in [0.15, 0.2) is 0 Å². The Balaban J connectivity index is 1.57. The second kappa shape index (κ2) is 13.6. The first-order valence-electron chi connectivity index (χ1n) is 13.0. The van der Waals surface area contributed by atoms with Gasteiger partial charge in [-0.1, -0.05) is 43.7 Å². The smallest absolute Gasteiger partial charge is 0.248 e. The van der Waals surface area contributed by atoms with Crippen molar-refractivity contribution in [3.63, 3.8) is 0 Å². The van der Waals surface area contributed by atoms with Crippen molar-refractivity contribution in [2.75, 3.05) is 30.3 Å². The van der Waals surface area contributed by atoms with Crippen LogP contribution in [-0.4, -0.2) is 40.5 Å². The zero-order valence-electron chi connectivity index (χ0n) is 22.6. The van der Waals surface area contributed by atoms with E-state index in [1.54, 1.807) is 42.5 Å². The van der Waals surface area contributed by atoms with Crippen molar-refractivity contribution in [3.05, 3.63) is 94.9 Å². The third-order valence-electron chi connectivity index (χ3n) is 6.38. The second-order valence-electron chi connectivity index (χ2n) is 9.11. The summed E-state index contributed by atoms with van der Waals surface area (Å²) >= 11 is 6.46. The molecule has 0 spiro atoms. The topological polar surface area (TPSA) is 111 Å². The number of hydrogen-bond acceptors (Lipinski definition) is 7. The van der Waals surface area contributed by atoms with Crippen molar-refractivity contribution in [2.45, 2.75) is 20.5 Å². The Morgan fingerprint density at radius 1 is 1.20 bits per heavy atom. The third kappa shape index (κ3) is 7.51. The van der Waals surface area contributed by atoms with Gasteiger partial charge in [0.25, 0.3) is 0 Å². The van der Waals surface area contributed by atoms with Gasteiger partial charge in [-0.2, -0.15) is 5.26 Å². The van der Waals surface area contributed by atoms with Crippen molar-refractivity contribution >= 4 is 45.5 Å². The van der Waals surface area contributed by atoms with Crippen LogP contribution in [0, 0.1) is 17.1 Å².